The van der Waals surface area contributed by atoms with Crippen LogP contribution in [0.3, 0.4) is 0 Å². The maximum Gasteiger partial charge on any atom is 0.322 e. The molecule has 3 aromatic rings. The number of nitrogens with two attached hydrogens (primary N) is 2. The zero-order chi connectivity index (χ0) is 19.8. The Bertz CT molecular complexity index is 944. The molecule has 1 unspecified atom stereocenters. The Hall–Kier alpha value is -3.14. The molecule has 0 saturated heterocycles. The van der Waals surface area contributed by atoms with Crippen LogP contribution in [0.2, 0.25) is 0 Å². The fourth-order valence-electron chi connectivity index (χ4n) is 2.80. The van der Waals surface area contributed by atoms with Crippen molar-refractivity contribution in [3.63, 3.8) is 0 Å². The van der Waals surface area contributed by atoms with Crippen LogP contribution in [-0.2, 0) is 17.9 Å². The first-order valence-corrected chi connectivity index (χ1v) is 7.72. The van der Waals surface area contributed by atoms with Crippen LogP contribution in [-0.4, -0.2) is 20.3 Å². The Balaban J connectivity index is 2.23. The van der Waals surface area contributed by atoms with Crippen molar-refractivity contribution in [2.45, 2.75) is 17.9 Å². The first-order chi connectivity index (χ1) is 12.7. The average Bonchev–Trinajstić information content (AvgIpc) is 2.94. The Labute approximate surface area is 150 Å². The number of nitrogen functional groups attached to an aromatic ring is 2. The maximum atomic E-state index is 15.3. The van der Waals surface area contributed by atoms with Crippen LogP contribution in [0.5, 0.6) is 0 Å². The van der Waals surface area contributed by atoms with Gasteiger partial charge in [0.1, 0.15) is 23.1 Å². The van der Waals surface area contributed by atoms with E-state index in [0.29, 0.717) is 6.07 Å². The summed E-state index contributed by atoms with van der Waals surface area (Å²) >= 11 is 0. The minimum Gasteiger partial charge on any atom is -0.384 e. The molecular formula is C17H15F4N5O. The lowest BCUT2D eigenvalue weighted by molar-refractivity contribution is -0.198. The number of aliphatic hydroxyl groups is 1. The molecular weight excluding hydrogens is 366 g/mol. The number of nitrogens with one attached hydrogen (secondary N) is 1. The number of anilines is 2. The van der Waals surface area contributed by atoms with Gasteiger partial charge in [0.2, 0.25) is 0 Å². The molecule has 0 saturated carbocycles. The van der Waals surface area contributed by atoms with E-state index >= 15 is 8.78 Å². The van der Waals surface area contributed by atoms with Crippen molar-refractivity contribution < 1.29 is 22.7 Å². The van der Waals surface area contributed by atoms with Gasteiger partial charge in [-0.25, -0.2) is 8.78 Å². The summed E-state index contributed by atoms with van der Waals surface area (Å²) in [5.41, 5.74) is 6.32. The fraction of sp³-hybridized carbons (Fsp3) is 0.176. The summed E-state index contributed by atoms with van der Waals surface area (Å²) < 4.78 is 58.3. The van der Waals surface area contributed by atoms with Crippen LogP contribution in [0.1, 0.15) is 16.8 Å². The topological polar surface area (TPSA) is 114 Å². The number of nitrogens with zero attached hydrogens (tertiary/aromatic N) is 2. The van der Waals surface area contributed by atoms with Gasteiger partial charge in [-0.1, -0.05) is 12.1 Å². The Morgan fingerprint density at radius 3 is 2.41 bits per heavy atom. The number of alkyl halides is 2. The number of halogens is 4. The van der Waals surface area contributed by atoms with Crippen molar-refractivity contribution in [2.75, 3.05) is 11.5 Å². The summed E-state index contributed by atoms with van der Waals surface area (Å²) in [5.74, 6) is -6.81. The highest BCUT2D eigenvalue weighted by atomic mass is 19.3. The van der Waals surface area contributed by atoms with Crippen molar-refractivity contribution in [3.8, 4) is 0 Å². The normalized spacial score (nSPS) is 14.1. The zero-order valence-corrected chi connectivity index (χ0v) is 13.8. The summed E-state index contributed by atoms with van der Waals surface area (Å²) in [4.78, 5) is 3.57. The second kappa shape index (κ2) is 6.54. The molecule has 1 atom stereocenters. The Morgan fingerprint density at radius 1 is 1.11 bits per heavy atom. The molecule has 0 bridgehead atoms. The van der Waals surface area contributed by atoms with Crippen molar-refractivity contribution >= 4 is 11.6 Å². The number of rotatable bonds is 5. The van der Waals surface area contributed by atoms with Gasteiger partial charge in [-0.3, -0.25) is 10.1 Å². The molecule has 1 aromatic carbocycles. The maximum absolute atomic E-state index is 15.3. The third kappa shape index (κ3) is 3.08. The molecule has 2 aromatic heterocycles. The van der Waals surface area contributed by atoms with E-state index < -0.39 is 40.8 Å². The largest absolute Gasteiger partial charge is 0.384 e. The van der Waals surface area contributed by atoms with Crippen molar-refractivity contribution in [2.24, 2.45) is 0 Å². The summed E-state index contributed by atoms with van der Waals surface area (Å²) in [6, 6.07) is 5.58. The van der Waals surface area contributed by atoms with Gasteiger partial charge in [0, 0.05) is 29.8 Å². The number of H-pyrrole nitrogens is 1. The van der Waals surface area contributed by atoms with E-state index in [1.54, 1.807) is 0 Å². The molecule has 3 rings (SSSR count). The molecule has 0 aliphatic heterocycles. The monoisotopic (exact) mass is 381 g/mol. The van der Waals surface area contributed by atoms with Crippen LogP contribution in [0.4, 0.5) is 29.2 Å². The second-order valence-electron chi connectivity index (χ2n) is 5.95. The van der Waals surface area contributed by atoms with Crippen molar-refractivity contribution in [1.82, 2.24) is 15.2 Å². The fourth-order valence-corrected chi connectivity index (χ4v) is 2.80. The molecule has 0 aliphatic carbocycles. The highest BCUT2D eigenvalue weighted by molar-refractivity contribution is 5.54. The smallest absolute Gasteiger partial charge is 0.322 e. The summed E-state index contributed by atoms with van der Waals surface area (Å²) in [7, 11) is 0. The van der Waals surface area contributed by atoms with Crippen LogP contribution in [0.15, 0.2) is 42.6 Å². The van der Waals surface area contributed by atoms with Gasteiger partial charge in [-0.2, -0.15) is 13.9 Å². The number of hydrogen-bond acceptors (Lipinski definition) is 5. The first kappa shape index (κ1) is 18.6. The van der Waals surface area contributed by atoms with Gasteiger partial charge >= 0.3 is 5.92 Å². The second-order valence-corrected chi connectivity index (χ2v) is 5.95. The van der Waals surface area contributed by atoms with E-state index in [4.69, 9.17) is 11.5 Å². The molecule has 10 heteroatoms. The third-order valence-electron chi connectivity index (χ3n) is 4.25. The van der Waals surface area contributed by atoms with Crippen LogP contribution >= 0.6 is 0 Å². The molecule has 0 radical (unpaired) electrons. The minimum atomic E-state index is -4.08. The van der Waals surface area contributed by atoms with E-state index in [-0.39, 0.29) is 17.2 Å². The minimum absolute atomic E-state index is 0.128. The van der Waals surface area contributed by atoms with E-state index in [9.17, 15) is 13.9 Å². The molecule has 0 spiro atoms. The molecule has 0 amide bonds. The van der Waals surface area contributed by atoms with E-state index in [0.717, 1.165) is 24.4 Å². The number of pyridine rings is 1. The molecule has 27 heavy (non-hydrogen) atoms. The number of aromatic amines is 1. The molecule has 6 nitrogen and oxygen atoms in total. The Kier molecular flexibility index (Phi) is 4.52. The standard InChI is InChI=1S/C17H15F4N5O/c18-9-4-5-11(12(19)7-9)16(27,8-10-14(22)25-26-15(10)23)17(20,21)13-3-1-2-6-24-13/h1-7,27H,8H2,(H5,22,23,25,26). The molecule has 6 N–H and O–H groups in total. The highest BCUT2D eigenvalue weighted by Crippen LogP contribution is 2.48. The number of aromatic nitrogens is 3. The predicted molar refractivity (Wildman–Crippen MR) is 89.5 cm³/mol. The van der Waals surface area contributed by atoms with Gasteiger partial charge in [0.05, 0.1) is 0 Å². The average molecular weight is 381 g/mol. The SMILES string of the molecule is Nc1n[nH]c(N)c1CC(O)(c1ccc(F)cc1F)C(F)(F)c1ccccn1. The molecule has 142 valence electrons. The zero-order valence-electron chi connectivity index (χ0n) is 13.8. The van der Waals surface area contributed by atoms with Crippen molar-refractivity contribution in [3.05, 3.63) is 71.1 Å². The lowest BCUT2D eigenvalue weighted by atomic mass is 9.80. The molecule has 2 heterocycles. The van der Waals surface area contributed by atoms with Gasteiger partial charge in [0.15, 0.2) is 11.4 Å². The summed E-state index contributed by atoms with van der Waals surface area (Å²) in [5, 5.41) is 16.9. The van der Waals surface area contributed by atoms with E-state index in [1.807, 2.05) is 0 Å². The van der Waals surface area contributed by atoms with Crippen LogP contribution in [0, 0.1) is 11.6 Å². The van der Waals surface area contributed by atoms with Gasteiger partial charge < -0.3 is 16.6 Å². The Morgan fingerprint density at radius 2 is 1.85 bits per heavy atom. The lowest BCUT2D eigenvalue weighted by Gasteiger charge is -2.36. The van der Waals surface area contributed by atoms with E-state index in [1.165, 1.54) is 12.1 Å². The highest BCUT2D eigenvalue weighted by Gasteiger charge is 2.57. The van der Waals surface area contributed by atoms with Crippen LogP contribution in [0.25, 0.3) is 0 Å². The molecule has 0 aliphatic rings. The quantitative estimate of drug-likeness (QED) is 0.507. The predicted octanol–water partition coefficient (Wildman–Crippen LogP) is 2.47. The van der Waals surface area contributed by atoms with Gasteiger partial charge in [-0.05, 0) is 18.2 Å². The van der Waals surface area contributed by atoms with Gasteiger partial charge in [0.25, 0.3) is 0 Å². The van der Waals surface area contributed by atoms with E-state index in [2.05, 4.69) is 15.2 Å². The number of hydrogen-bond donors (Lipinski definition) is 4. The summed E-state index contributed by atoms with van der Waals surface area (Å²) in [6.07, 6.45) is 0.207. The van der Waals surface area contributed by atoms with Crippen LogP contribution < -0.4 is 11.5 Å². The first-order valence-electron chi connectivity index (χ1n) is 7.72. The van der Waals surface area contributed by atoms with Gasteiger partial charge in [-0.15, -0.1) is 0 Å². The third-order valence-corrected chi connectivity index (χ3v) is 4.25. The number of benzene rings is 1. The molecule has 0 fully saturated rings. The summed E-state index contributed by atoms with van der Waals surface area (Å²) in [6.45, 7) is 0. The lowest BCUT2D eigenvalue weighted by Crippen LogP contribution is -2.46. The van der Waals surface area contributed by atoms with Crippen molar-refractivity contribution in [1.29, 1.82) is 0 Å².